The lowest BCUT2D eigenvalue weighted by molar-refractivity contribution is 0.598. The highest BCUT2D eigenvalue weighted by atomic mass is 127. The first-order valence-corrected chi connectivity index (χ1v) is 7.28. The summed E-state index contributed by atoms with van der Waals surface area (Å²) in [6, 6.07) is 3.04. The van der Waals surface area contributed by atoms with E-state index in [1.807, 2.05) is 41.8 Å². The zero-order chi connectivity index (χ0) is 13.3. The highest BCUT2D eigenvalue weighted by Crippen LogP contribution is 2.31. The summed E-state index contributed by atoms with van der Waals surface area (Å²) in [6.07, 6.45) is 1.75. The van der Waals surface area contributed by atoms with E-state index in [9.17, 15) is 4.39 Å². The van der Waals surface area contributed by atoms with E-state index >= 15 is 0 Å². The number of thiazole rings is 1. The Morgan fingerprint density at radius 3 is 2.78 bits per heavy atom. The summed E-state index contributed by atoms with van der Waals surface area (Å²) in [5.41, 5.74) is 6.64. The molecule has 1 heterocycles. The molecule has 3 N–H and O–H groups in total. The van der Waals surface area contributed by atoms with Gasteiger partial charge in [-0.05, 0) is 42.5 Å². The lowest BCUT2D eigenvalue weighted by Crippen LogP contribution is -2.28. The van der Waals surface area contributed by atoms with Gasteiger partial charge in [-0.15, -0.1) is 11.3 Å². The van der Waals surface area contributed by atoms with Crippen molar-refractivity contribution in [3.8, 4) is 0 Å². The molecule has 2 aromatic rings. The van der Waals surface area contributed by atoms with Crippen molar-refractivity contribution in [1.29, 1.82) is 0 Å². The molecule has 0 bridgehead atoms. The number of rotatable bonds is 3. The number of nitrogens with two attached hydrogens (primary N) is 1. The van der Waals surface area contributed by atoms with Gasteiger partial charge in [-0.25, -0.2) is 9.37 Å². The molecule has 1 aromatic carbocycles. The molecule has 1 aromatic heterocycles. The number of hydrogen-bond donors (Lipinski definition) is 2. The molecule has 0 spiro atoms. The summed E-state index contributed by atoms with van der Waals surface area (Å²) < 4.78 is 14.1. The first kappa shape index (κ1) is 13.5. The molecule has 0 aliphatic carbocycles. The Hall–Kier alpha value is -0.890. The molecule has 6 heteroatoms. The minimum absolute atomic E-state index is 0.276. The Bertz CT molecular complexity index is 555. The van der Waals surface area contributed by atoms with Gasteiger partial charge in [0.05, 0.1) is 20.5 Å². The van der Waals surface area contributed by atoms with Crippen LogP contribution in [0.15, 0.2) is 23.7 Å². The van der Waals surface area contributed by atoms with Crippen molar-refractivity contribution < 1.29 is 4.39 Å². The molecule has 0 fully saturated rings. The minimum atomic E-state index is -0.387. The fraction of sp³-hybridized carbons (Fsp3) is 0.250. The molecule has 2 rings (SSSR count). The normalized spacial score (nSPS) is 11.6. The van der Waals surface area contributed by atoms with E-state index < -0.39 is 0 Å². The Kier molecular flexibility index (Phi) is 3.76. The van der Waals surface area contributed by atoms with Crippen molar-refractivity contribution in [2.75, 3.05) is 11.1 Å². The molecule has 3 nitrogen and oxygen atoms in total. The van der Waals surface area contributed by atoms with Gasteiger partial charge in [0.2, 0.25) is 0 Å². The van der Waals surface area contributed by atoms with Gasteiger partial charge in [0, 0.05) is 17.6 Å². The Labute approximate surface area is 123 Å². The molecule has 0 amide bonds. The van der Waals surface area contributed by atoms with Crippen LogP contribution in [-0.4, -0.2) is 4.98 Å². The number of benzene rings is 1. The van der Waals surface area contributed by atoms with Gasteiger partial charge < -0.3 is 11.1 Å². The molecule has 0 saturated heterocycles. The van der Waals surface area contributed by atoms with Gasteiger partial charge >= 0.3 is 0 Å². The first-order chi connectivity index (χ1) is 8.40. The number of nitrogens with one attached hydrogen (secondary N) is 1. The van der Waals surface area contributed by atoms with Crippen LogP contribution in [0.25, 0.3) is 0 Å². The third kappa shape index (κ3) is 2.74. The SMILES string of the molecule is CC(C)(Nc1cc(F)c(I)cc1N)c1nccs1. The summed E-state index contributed by atoms with van der Waals surface area (Å²) in [4.78, 5) is 4.27. The predicted molar refractivity (Wildman–Crippen MR) is 82.3 cm³/mol. The van der Waals surface area contributed by atoms with Crippen LogP contribution < -0.4 is 11.1 Å². The molecular weight excluding hydrogens is 364 g/mol. The van der Waals surface area contributed by atoms with Crippen LogP contribution in [0.1, 0.15) is 18.9 Å². The smallest absolute Gasteiger partial charge is 0.138 e. The van der Waals surface area contributed by atoms with E-state index in [4.69, 9.17) is 5.73 Å². The first-order valence-electron chi connectivity index (χ1n) is 5.33. The van der Waals surface area contributed by atoms with Crippen molar-refractivity contribution >= 4 is 45.3 Å². The summed E-state index contributed by atoms with van der Waals surface area (Å²) in [5, 5.41) is 6.08. The average Bonchev–Trinajstić information content (AvgIpc) is 2.79. The van der Waals surface area contributed by atoms with Crippen molar-refractivity contribution in [3.63, 3.8) is 0 Å². The Morgan fingerprint density at radius 2 is 2.17 bits per heavy atom. The fourth-order valence-electron chi connectivity index (χ4n) is 1.59. The van der Waals surface area contributed by atoms with Gasteiger partial charge in [0.25, 0.3) is 0 Å². The summed E-state index contributed by atoms with van der Waals surface area (Å²) >= 11 is 3.47. The van der Waals surface area contributed by atoms with Crippen LogP contribution in [0.5, 0.6) is 0 Å². The third-order valence-corrected chi connectivity index (χ3v) is 4.43. The number of aromatic nitrogens is 1. The van der Waals surface area contributed by atoms with Crippen LogP contribution in [0, 0.1) is 9.39 Å². The van der Waals surface area contributed by atoms with E-state index in [1.54, 1.807) is 23.6 Å². The largest absolute Gasteiger partial charge is 0.397 e. The zero-order valence-corrected chi connectivity index (χ0v) is 13.0. The van der Waals surface area contributed by atoms with E-state index in [1.165, 1.54) is 6.07 Å². The van der Waals surface area contributed by atoms with Crippen molar-refractivity contribution in [2.24, 2.45) is 0 Å². The van der Waals surface area contributed by atoms with E-state index in [-0.39, 0.29) is 11.4 Å². The van der Waals surface area contributed by atoms with Crippen LogP contribution in [0.4, 0.5) is 15.8 Å². The fourth-order valence-corrected chi connectivity index (χ4v) is 2.80. The molecule has 0 radical (unpaired) electrons. The summed E-state index contributed by atoms with van der Waals surface area (Å²) in [5.74, 6) is -0.276. The third-order valence-electron chi connectivity index (χ3n) is 2.51. The molecule has 0 aliphatic heterocycles. The quantitative estimate of drug-likeness (QED) is 0.632. The number of anilines is 2. The zero-order valence-electron chi connectivity index (χ0n) is 10.00. The van der Waals surface area contributed by atoms with Crippen LogP contribution in [0.2, 0.25) is 0 Å². The van der Waals surface area contributed by atoms with Gasteiger partial charge in [0.1, 0.15) is 10.8 Å². The monoisotopic (exact) mass is 377 g/mol. The summed E-state index contributed by atoms with van der Waals surface area (Å²) in [7, 11) is 0. The second-order valence-corrected chi connectivity index (χ2v) is 6.50. The maximum Gasteiger partial charge on any atom is 0.138 e. The van der Waals surface area contributed by atoms with Crippen LogP contribution >= 0.6 is 33.9 Å². The van der Waals surface area contributed by atoms with Gasteiger partial charge in [0.15, 0.2) is 0 Å². The number of hydrogen-bond acceptors (Lipinski definition) is 4. The summed E-state index contributed by atoms with van der Waals surface area (Å²) in [6.45, 7) is 3.97. The Balaban J connectivity index is 2.32. The molecule has 96 valence electrons. The van der Waals surface area contributed by atoms with Gasteiger partial charge in [-0.1, -0.05) is 0 Å². The van der Waals surface area contributed by atoms with Gasteiger partial charge in [-0.3, -0.25) is 0 Å². The highest BCUT2D eigenvalue weighted by Gasteiger charge is 2.24. The second kappa shape index (κ2) is 5.00. The number of nitrogens with zero attached hydrogens (tertiary/aromatic N) is 1. The number of nitrogen functional groups attached to an aromatic ring is 1. The lowest BCUT2D eigenvalue weighted by Gasteiger charge is -2.26. The second-order valence-electron chi connectivity index (χ2n) is 4.44. The molecule has 0 unspecified atom stereocenters. The Morgan fingerprint density at radius 1 is 1.44 bits per heavy atom. The van der Waals surface area contributed by atoms with E-state index in [0.717, 1.165) is 5.01 Å². The molecule has 0 saturated carbocycles. The lowest BCUT2D eigenvalue weighted by atomic mass is 10.1. The van der Waals surface area contributed by atoms with Crippen LogP contribution in [-0.2, 0) is 5.54 Å². The predicted octanol–water partition coefficient (Wildman–Crippen LogP) is 3.82. The standard InChI is InChI=1S/C12H13FIN3S/c1-12(2,11-16-3-4-18-11)17-10-5-7(13)8(14)6-9(10)15/h3-6,17H,15H2,1-2H3. The van der Waals surface area contributed by atoms with E-state index in [0.29, 0.717) is 14.9 Å². The maximum atomic E-state index is 13.6. The molecule has 18 heavy (non-hydrogen) atoms. The topological polar surface area (TPSA) is 50.9 Å². The van der Waals surface area contributed by atoms with Crippen molar-refractivity contribution in [3.05, 3.63) is 38.1 Å². The van der Waals surface area contributed by atoms with Crippen molar-refractivity contribution in [1.82, 2.24) is 4.98 Å². The molecular formula is C12H13FIN3S. The van der Waals surface area contributed by atoms with Crippen LogP contribution in [0.3, 0.4) is 0 Å². The van der Waals surface area contributed by atoms with E-state index in [2.05, 4.69) is 10.3 Å². The van der Waals surface area contributed by atoms with Crippen molar-refractivity contribution in [2.45, 2.75) is 19.4 Å². The van der Waals surface area contributed by atoms with Gasteiger partial charge in [-0.2, -0.15) is 0 Å². The number of halogens is 2. The average molecular weight is 377 g/mol. The molecule has 0 aliphatic rings. The minimum Gasteiger partial charge on any atom is -0.397 e. The maximum absolute atomic E-state index is 13.6. The molecule has 0 atom stereocenters. The highest BCUT2D eigenvalue weighted by molar-refractivity contribution is 14.1.